The maximum Gasteiger partial charge on any atom is 0.144 e. The molecule has 1 aromatic heterocycles. The third-order valence-electron chi connectivity index (χ3n) is 3.30. The highest BCUT2D eigenvalue weighted by atomic mass is 32.2. The molecule has 2 aromatic rings. The Morgan fingerprint density at radius 3 is 2.89 bits per heavy atom. The van der Waals surface area contributed by atoms with Gasteiger partial charge in [0.05, 0.1) is 5.52 Å². The molecule has 0 fully saturated rings. The van der Waals surface area contributed by atoms with Crippen molar-refractivity contribution in [3.05, 3.63) is 35.9 Å². The van der Waals surface area contributed by atoms with E-state index >= 15 is 0 Å². The van der Waals surface area contributed by atoms with Gasteiger partial charge in [-0.3, -0.25) is 0 Å². The Bertz CT molecular complexity index is 542. The van der Waals surface area contributed by atoms with Crippen molar-refractivity contribution < 1.29 is 0 Å². The number of nitrogens with two attached hydrogens (primary N) is 1. The molecule has 102 valence electrons. The van der Waals surface area contributed by atoms with Crippen LogP contribution in [0.2, 0.25) is 0 Å². The summed E-state index contributed by atoms with van der Waals surface area (Å²) < 4.78 is 0. The first kappa shape index (κ1) is 14.2. The monoisotopic (exact) mass is 275 g/mol. The van der Waals surface area contributed by atoms with Crippen molar-refractivity contribution in [1.29, 1.82) is 0 Å². The number of hydrogen-bond donors (Lipinski definition) is 2. The van der Waals surface area contributed by atoms with E-state index in [0.29, 0.717) is 0 Å². The Balaban J connectivity index is 2.16. The molecule has 1 atom stereocenters. The van der Waals surface area contributed by atoms with Crippen LogP contribution in [-0.4, -0.2) is 10.7 Å². The second-order valence-electron chi connectivity index (χ2n) is 4.86. The average Bonchev–Trinajstić information content (AvgIpc) is 2.46. The number of pyridine rings is 1. The fourth-order valence-electron chi connectivity index (χ4n) is 1.88. The molecule has 0 spiro atoms. The second-order valence-corrected chi connectivity index (χ2v) is 5.89. The van der Waals surface area contributed by atoms with Crippen molar-refractivity contribution in [2.24, 2.45) is 11.8 Å². The number of rotatable bonds is 6. The van der Waals surface area contributed by atoms with E-state index in [1.54, 1.807) is 0 Å². The number of nitrogens with zero attached hydrogens (tertiary/aromatic N) is 1. The summed E-state index contributed by atoms with van der Waals surface area (Å²) in [6.45, 7) is 4.52. The van der Waals surface area contributed by atoms with Crippen LogP contribution in [0.3, 0.4) is 0 Å². The minimum absolute atomic E-state index is 0.757. The number of nitrogens with one attached hydrogen (secondary N) is 1. The van der Waals surface area contributed by atoms with E-state index in [2.05, 4.69) is 36.4 Å². The SMILES string of the molecule is CCC(C)CSCc1cc2ccccc2nc1NN. The summed E-state index contributed by atoms with van der Waals surface area (Å²) in [7, 11) is 0. The lowest BCUT2D eigenvalue weighted by Crippen LogP contribution is -2.11. The van der Waals surface area contributed by atoms with Gasteiger partial charge in [0, 0.05) is 16.7 Å². The van der Waals surface area contributed by atoms with Crippen molar-refractivity contribution in [2.75, 3.05) is 11.2 Å². The first-order valence-electron chi connectivity index (χ1n) is 6.67. The lowest BCUT2D eigenvalue weighted by molar-refractivity contribution is 0.637. The first-order valence-corrected chi connectivity index (χ1v) is 7.83. The molecular weight excluding hydrogens is 254 g/mol. The molecule has 0 aliphatic carbocycles. The average molecular weight is 275 g/mol. The standard InChI is InChI=1S/C15H21N3S/c1-3-11(2)9-19-10-13-8-12-6-4-5-7-14(12)17-15(13)18-16/h4-8,11H,3,9-10,16H2,1-2H3,(H,17,18). The summed E-state index contributed by atoms with van der Waals surface area (Å²) in [6.07, 6.45) is 1.23. The van der Waals surface area contributed by atoms with Crippen molar-refractivity contribution in [3.63, 3.8) is 0 Å². The van der Waals surface area contributed by atoms with Gasteiger partial charge in [-0.25, -0.2) is 10.8 Å². The molecule has 0 saturated heterocycles. The van der Waals surface area contributed by atoms with Crippen LogP contribution in [0.4, 0.5) is 5.82 Å². The zero-order valence-electron chi connectivity index (χ0n) is 11.5. The Labute approximate surface area is 119 Å². The Morgan fingerprint density at radius 2 is 2.16 bits per heavy atom. The molecular formula is C15H21N3S. The fourth-order valence-corrected chi connectivity index (χ4v) is 3.08. The fraction of sp³-hybridized carbons (Fsp3) is 0.400. The molecule has 19 heavy (non-hydrogen) atoms. The van der Waals surface area contributed by atoms with Crippen LogP contribution in [0.1, 0.15) is 25.8 Å². The number of para-hydroxylation sites is 1. The molecule has 1 unspecified atom stereocenters. The number of benzene rings is 1. The zero-order chi connectivity index (χ0) is 13.7. The summed E-state index contributed by atoms with van der Waals surface area (Å²) in [6, 6.07) is 10.3. The summed E-state index contributed by atoms with van der Waals surface area (Å²) >= 11 is 1.94. The molecule has 1 aromatic carbocycles. The summed E-state index contributed by atoms with van der Waals surface area (Å²) in [5.41, 5.74) is 4.87. The highest BCUT2D eigenvalue weighted by Gasteiger charge is 2.07. The van der Waals surface area contributed by atoms with Gasteiger partial charge >= 0.3 is 0 Å². The third kappa shape index (κ3) is 3.61. The molecule has 0 saturated carbocycles. The molecule has 0 aliphatic heterocycles. The third-order valence-corrected chi connectivity index (χ3v) is 4.62. The summed E-state index contributed by atoms with van der Waals surface area (Å²) in [4.78, 5) is 4.56. The van der Waals surface area contributed by atoms with E-state index in [-0.39, 0.29) is 0 Å². The Kier molecular flexibility index (Phi) is 5.05. The van der Waals surface area contributed by atoms with Crippen LogP contribution in [0.25, 0.3) is 10.9 Å². The van der Waals surface area contributed by atoms with Gasteiger partial charge in [0.15, 0.2) is 0 Å². The number of fused-ring (bicyclic) bond motifs is 1. The zero-order valence-corrected chi connectivity index (χ0v) is 12.3. The van der Waals surface area contributed by atoms with Gasteiger partial charge in [-0.1, -0.05) is 38.5 Å². The van der Waals surface area contributed by atoms with Crippen LogP contribution in [0.15, 0.2) is 30.3 Å². The van der Waals surface area contributed by atoms with Gasteiger partial charge in [0.1, 0.15) is 5.82 Å². The van der Waals surface area contributed by atoms with Crippen molar-refractivity contribution in [2.45, 2.75) is 26.0 Å². The molecule has 0 aliphatic rings. The van der Waals surface area contributed by atoms with E-state index in [0.717, 1.165) is 23.0 Å². The van der Waals surface area contributed by atoms with Gasteiger partial charge in [0.2, 0.25) is 0 Å². The molecule has 4 heteroatoms. The minimum atomic E-state index is 0.757. The lowest BCUT2D eigenvalue weighted by Gasteiger charge is -2.11. The lowest BCUT2D eigenvalue weighted by atomic mass is 10.1. The van der Waals surface area contributed by atoms with E-state index in [9.17, 15) is 0 Å². The topological polar surface area (TPSA) is 50.9 Å². The number of aromatic nitrogens is 1. The van der Waals surface area contributed by atoms with Crippen LogP contribution in [-0.2, 0) is 5.75 Å². The van der Waals surface area contributed by atoms with Crippen LogP contribution in [0, 0.1) is 5.92 Å². The van der Waals surface area contributed by atoms with Gasteiger partial charge in [-0.15, -0.1) is 0 Å². The van der Waals surface area contributed by atoms with Crippen molar-refractivity contribution >= 4 is 28.5 Å². The van der Waals surface area contributed by atoms with Crippen LogP contribution < -0.4 is 11.3 Å². The molecule has 0 radical (unpaired) electrons. The smallest absolute Gasteiger partial charge is 0.144 e. The first-order chi connectivity index (χ1) is 9.24. The van der Waals surface area contributed by atoms with E-state index < -0.39 is 0 Å². The number of hydrogen-bond acceptors (Lipinski definition) is 4. The predicted octanol–water partition coefficient (Wildman–Crippen LogP) is 3.80. The normalized spacial score (nSPS) is 12.6. The van der Waals surface area contributed by atoms with Gasteiger partial charge in [-0.05, 0) is 23.8 Å². The second kappa shape index (κ2) is 6.78. The summed E-state index contributed by atoms with van der Waals surface area (Å²) in [5.74, 6) is 9.24. The van der Waals surface area contributed by atoms with E-state index in [4.69, 9.17) is 5.84 Å². The van der Waals surface area contributed by atoms with Gasteiger partial charge < -0.3 is 5.43 Å². The number of anilines is 1. The van der Waals surface area contributed by atoms with Gasteiger partial charge in [0.25, 0.3) is 0 Å². The minimum Gasteiger partial charge on any atom is -0.308 e. The molecule has 0 amide bonds. The largest absolute Gasteiger partial charge is 0.308 e. The van der Waals surface area contributed by atoms with Gasteiger partial charge in [-0.2, -0.15) is 11.8 Å². The van der Waals surface area contributed by atoms with Crippen LogP contribution in [0.5, 0.6) is 0 Å². The predicted molar refractivity (Wildman–Crippen MR) is 85.2 cm³/mol. The van der Waals surface area contributed by atoms with E-state index in [1.165, 1.54) is 23.1 Å². The highest BCUT2D eigenvalue weighted by Crippen LogP contribution is 2.25. The molecule has 1 heterocycles. The summed E-state index contributed by atoms with van der Waals surface area (Å²) in [5, 5.41) is 1.17. The maximum atomic E-state index is 5.58. The quantitative estimate of drug-likeness (QED) is 0.622. The number of nitrogen functional groups attached to an aromatic ring is 1. The maximum absolute atomic E-state index is 5.58. The Morgan fingerprint density at radius 1 is 1.37 bits per heavy atom. The number of hydrazine groups is 1. The molecule has 3 nitrogen and oxygen atoms in total. The highest BCUT2D eigenvalue weighted by molar-refractivity contribution is 7.98. The van der Waals surface area contributed by atoms with Crippen molar-refractivity contribution in [3.8, 4) is 0 Å². The van der Waals surface area contributed by atoms with Crippen molar-refractivity contribution in [1.82, 2.24) is 4.98 Å². The molecule has 3 N–H and O–H groups in total. The van der Waals surface area contributed by atoms with Crippen LogP contribution >= 0.6 is 11.8 Å². The Hall–Kier alpha value is -1.26. The van der Waals surface area contributed by atoms with E-state index in [1.807, 2.05) is 30.0 Å². The molecule has 2 rings (SSSR count). The molecule has 0 bridgehead atoms. The number of thioether (sulfide) groups is 1.